The van der Waals surface area contributed by atoms with Crippen molar-refractivity contribution in [1.82, 2.24) is 19.2 Å². The Morgan fingerprint density at radius 1 is 1.29 bits per heavy atom. The van der Waals surface area contributed by atoms with Crippen LogP contribution in [0.1, 0.15) is 31.2 Å². The van der Waals surface area contributed by atoms with E-state index in [9.17, 15) is 13.2 Å². The number of imidazole rings is 1. The second-order valence-corrected chi connectivity index (χ2v) is 8.84. The predicted octanol–water partition coefficient (Wildman–Crippen LogP) is 2.10. The van der Waals surface area contributed by atoms with Gasteiger partial charge in [0.1, 0.15) is 0 Å². The van der Waals surface area contributed by atoms with E-state index in [1.54, 1.807) is 11.6 Å². The highest BCUT2D eigenvalue weighted by atomic mass is 32.2. The number of nitrogens with zero attached hydrogens (tertiary/aromatic N) is 3. The molecule has 2 aromatic rings. The zero-order valence-electron chi connectivity index (χ0n) is 16.1. The van der Waals surface area contributed by atoms with Gasteiger partial charge in [0.05, 0.1) is 19.0 Å². The number of benzene rings is 1. The maximum absolute atomic E-state index is 13.0. The smallest absolute Gasteiger partial charge is 0.407 e. The lowest BCUT2D eigenvalue weighted by Gasteiger charge is -2.19. The Kier molecular flexibility index (Phi) is 6.35. The van der Waals surface area contributed by atoms with Crippen LogP contribution in [0.15, 0.2) is 47.9 Å². The van der Waals surface area contributed by atoms with E-state index in [4.69, 9.17) is 4.74 Å². The molecule has 2 atom stereocenters. The predicted molar refractivity (Wildman–Crippen MR) is 104 cm³/mol. The fourth-order valence-electron chi connectivity index (χ4n) is 3.30. The summed E-state index contributed by atoms with van der Waals surface area (Å²) in [6, 6.07) is 9.22. The number of ether oxygens (including phenoxy) is 1. The standard InChI is InChI=1S/C19H26N4O4S/c1-3-4-10-27-19(24)21-17-12-23(11-16(17)15-8-6-5-7-9-15)28(25,26)18-13-22(2)14-20-18/h5-9,13-14,16-17H,3-4,10-12H2,1-2H3,(H,21,24)/t16-,17+/m1/s1. The lowest BCUT2D eigenvalue weighted by atomic mass is 9.94. The fraction of sp³-hybridized carbons (Fsp3) is 0.474. The Labute approximate surface area is 165 Å². The molecule has 152 valence electrons. The van der Waals surface area contributed by atoms with E-state index < -0.39 is 16.1 Å². The van der Waals surface area contributed by atoms with Crippen LogP contribution in [-0.4, -0.2) is 54.1 Å². The van der Waals surface area contributed by atoms with Crippen molar-refractivity contribution in [3.05, 3.63) is 48.4 Å². The largest absolute Gasteiger partial charge is 0.450 e. The number of aromatic nitrogens is 2. The summed E-state index contributed by atoms with van der Waals surface area (Å²) in [7, 11) is -2.02. The number of hydrogen-bond acceptors (Lipinski definition) is 5. The number of sulfonamides is 1. The van der Waals surface area contributed by atoms with Crippen LogP contribution >= 0.6 is 0 Å². The second kappa shape index (κ2) is 8.74. The zero-order valence-corrected chi connectivity index (χ0v) is 16.9. The first-order chi connectivity index (χ1) is 13.4. The van der Waals surface area contributed by atoms with Gasteiger partial charge in [-0.05, 0) is 12.0 Å². The van der Waals surface area contributed by atoms with Crippen LogP contribution in [0.25, 0.3) is 0 Å². The number of amides is 1. The van der Waals surface area contributed by atoms with E-state index in [2.05, 4.69) is 10.3 Å². The highest BCUT2D eigenvalue weighted by molar-refractivity contribution is 7.89. The minimum atomic E-state index is -3.74. The Bertz CT molecular complexity index is 898. The minimum absolute atomic E-state index is 0.00739. The molecule has 3 rings (SSSR count). The molecule has 9 heteroatoms. The third kappa shape index (κ3) is 4.53. The normalized spacial score (nSPS) is 20.2. The van der Waals surface area contributed by atoms with E-state index in [0.717, 1.165) is 18.4 Å². The molecule has 8 nitrogen and oxygen atoms in total. The van der Waals surface area contributed by atoms with Gasteiger partial charge in [0.2, 0.25) is 0 Å². The molecule has 0 unspecified atom stereocenters. The highest BCUT2D eigenvalue weighted by Crippen LogP contribution is 2.31. The molecular formula is C19H26N4O4S. The molecule has 1 aliphatic heterocycles. The number of alkyl carbamates (subject to hydrolysis) is 1. The van der Waals surface area contributed by atoms with Gasteiger partial charge in [-0.25, -0.2) is 18.2 Å². The van der Waals surface area contributed by atoms with Crippen molar-refractivity contribution in [2.45, 2.75) is 36.8 Å². The van der Waals surface area contributed by atoms with Crippen LogP contribution in [0.2, 0.25) is 0 Å². The van der Waals surface area contributed by atoms with Crippen LogP contribution < -0.4 is 5.32 Å². The first-order valence-corrected chi connectivity index (χ1v) is 10.8. The third-order valence-corrected chi connectivity index (χ3v) is 6.55. The summed E-state index contributed by atoms with van der Waals surface area (Å²) in [5, 5.41) is 2.86. The summed E-state index contributed by atoms with van der Waals surface area (Å²) in [6.45, 7) is 2.80. The van der Waals surface area contributed by atoms with Gasteiger partial charge in [-0.15, -0.1) is 0 Å². The van der Waals surface area contributed by atoms with E-state index >= 15 is 0 Å². The monoisotopic (exact) mass is 406 g/mol. The summed E-state index contributed by atoms with van der Waals surface area (Å²) in [4.78, 5) is 16.2. The SMILES string of the molecule is CCCCOC(=O)N[C@H]1CN(S(=O)(=O)c2cn(C)cn2)C[C@@H]1c1ccccc1. The second-order valence-electron chi connectivity index (χ2n) is 6.96. The molecule has 1 N–H and O–H groups in total. The molecule has 0 spiro atoms. The van der Waals surface area contributed by atoms with Crippen molar-refractivity contribution in [2.75, 3.05) is 19.7 Å². The van der Waals surface area contributed by atoms with Crippen molar-refractivity contribution in [3.8, 4) is 0 Å². The summed E-state index contributed by atoms with van der Waals surface area (Å²) in [5.74, 6) is -0.168. The van der Waals surface area contributed by atoms with Gasteiger partial charge < -0.3 is 14.6 Å². The number of nitrogens with one attached hydrogen (secondary N) is 1. The number of aryl methyl sites for hydroxylation is 1. The Morgan fingerprint density at radius 2 is 2.04 bits per heavy atom. The molecule has 0 aliphatic carbocycles. The molecule has 1 aromatic heterocycles. The number of rotatable bonds is 7. The van der Waals surface area contributed by atoms with Crippen molar-refractivity contribution in [3.63, 3.8) is 0 Å². The topological polar surface area (TPSA) is 93.5 Å². The van der Waals surface area contributed by atoms with E-state index in [1.807, 2.05) is 37.3 Å². The highest BCUT2D eigenvalue weighted by Gasteiger charge is 2.41. The van der Waals surface area contributed by atoms with Gasteiger partial charge in [-0.1, -0.05) is 43.7 Å². The Morgan fingerprint density at radius 3 is 2.68 bits per heavy atom. The number of unbranched alkanes of at least 4 members (excludes halogenated alkanes) is 1. The molecule has 1 fully saturated rings. The molecule has 1 aromatic carbocycles. The lowest BCUT2D eigenvalue weighted by molar-refractivity contribution is 0.140. The summed E-state index contributed by atoms with van der Waals surface area (Å²) >= 11 is 0. The molecular weight excluding hydrogens is 380 g/mol. The van der Waals surface area contributed by atoms with E-state index in [-0.39, 0.29) is 30.1 Å². The number of carbonyl (C=O) groups excluding carboxylic acids is 1. The van der Waals surface area contributed by atoms with E-state index in [0.29, 0.717) is 6.61 Å². The molecule has 0 bridgehead atoms. The summed E-state index contributed by atoms with van der Waals surface area (Å²) < 4.78 is 34.1. The zero-order chi connectivity index (χ0) is 20.1. The van der Waals surface area contributed by atoms with Crippen molar-refractivity contribution in [2.24, 2.45) is 7.05 Å². The molecule has 28 heavy (non-hydrogen) atoms. The third-order valence-electron chi connectivity index (χ3n) is 4.83. The molecule has 1 saturated heterocycles. The Balaban J connectivity index is 1.79. The number of hydrogen-bond donors (Lipinski definition) is 1. The van der Waals surface area contributed by atoms with Crippen LogP contribution in [0.3, 0.4) is 0 Å². The maximum Gasteiger partial charge on any atom is 0.407 e. The molecule has 1 aliphatic rings. The average molecular weight is 407 g/mol. The van der Waals surface area contributed by atoms with Crippen LogP contribution in [0, 0.1) is 0 Å². The van der Waals surface area contributed by atoms with Crippen molar-refractivity contribution in [1.29, 1.82) is 0 Å². The lowest BCUT2D eigenvalue weighted by Crippen LogP contribution is -2.40. The van der Waals surface area contributed by atoms with E-state index in [1.165, 1.54) is 16.8 Å². The van der Waals surface area contributed by atoms with Gasteiger partial charge in [0.15, 0.2) is 5.03 Å². The van der Waals surface area contributed by atoms with Crippen LogP contribution in [-0.2, 0) is 21.8 Å². The fourth-order valence-corrected chi connectivity index (χ4v) is 4.76. The maximum atomic E-state index is 13.0. The van der Waals surface area contributed by atoms with Gasteiger partial charge >= 0.3 is 6.09 Å². The van der Waals surface area contributed by atoms with Gasteiger partial charge in [0.25, 0.3) is 10.0 Å². The molecule has 0 radical (unpaired) electrons. The minimum Gasteiger partial charge on any atom is -0.450 e. The molecule has 2 heterocycles. The summed E-state index contributed by atoms with van der Waals surface area (Å²) in [5.41, 5.74) is 0.972. The van der Waals surface area contributed by atoms with Gasteiger partial charge in [0, 0.05) is 32.3 Å². The van der Waals surface area contributed by atoms with Crippen LogP contribution in [0.4, 0.5) is 4.79 Å². The van der Waals surface area contributed by atoms with Gasteiger partial charge in [-0.3, -0.25) is 0 Å². The van der Waals surface area contributed by atoms with Gasteiger partial charge in [-0.2, -0.15) is 4.31 Å². The van der Waals surface area contributed by atoms with Crippen molar-refractivity contribution < 1.29 is 17.9 Å². The van der Waals surface area contributed by atoms with Crippen LogP contribution in [0.5, 0.6) is 0 Å². The summed E-state index contributed by atoms with van der Waals surface area (Å²) in [6.07, 6.45) is 4.14. The average Bonchev–Trinajstić information content (AvgIpc) is 3.30. The quantitative estimate of drug-likeness (QED) is 0.711. The Hall–Kier alpha value is -2.39. The first kappa shape index (κ1) is 20.3. The number of carbonyl (C=O) groups is 1. The molecule has 1 amide bonds. The van der Waals surface area contributed by atoms with Crippen molar-refractivity contribution >= 4 is 16.1 Å². The first-order valence-electron chi connectivity index (χ1n) is 9.38. The molecule has 0 saturated carbocycles.